The fourth-order valence-electron chi connectivity index (χ4n) is 3.19. The number of carbonyl (C=O) groups is 1. The van der Waals surface area contributed by atoms with Crippen LogP contribution in [0.5, 0.6) is 0 Å². The van der Waals surface area contributed by atoms with E-state index in [1.54, 1.807) is 0 Å². The van der Waals surface area contributed by atoms with E-state index in [9.17, 15) is 4.79 Å². The van der Waals surface area contributed by atoms with Crippen molar-refractivity contribution in [2.75, 3.05) is 6.54 Å². The molecule has 0 aromatic heterocycles. The number of amides is 1. The molecule has 1 saturated carbocycles. The first-order chi connectivity index (χ1) is 9.25. The summed E-state index contributed by atoms with van der Waals surface area (Å²) in [7, 11) is 0. The van der Waals surface area contributed by atoms with Gasteiger partial charge in [0, 0.05) is 23.7 Å². The third-order valence-electron chi connectivity index (χ3n) is 4.33. The lowest BCUT2D eigenvalue weighted by Crippen LogP contribution is -2.48. The summed E-state index contributed by atoms with van der Waals surface area (Å²) in [5, 5.41) is 3.17. The molecule has 1 aliphatic heterocycles. The van der Waals surface area contributed by atoms with Crippen LogP contribution >= 0.6 is 0 Å². The van der Waals surface area contributed by atoms with Gasteiger partial charge < -0.3 is 5.32 Å². The van der Waals surface area contributed by atoms with E-state index in [1.165, 1.54) is 32.2 Å². The fraction of sp³-hybridized carbons (Fsp3) is 0.562. The van der Waals surface area contributed by atoms with Crippen LogP contribution < -0.4 is 5.32 Å². The summed E-state index contributed by atoms with van der Waals surface area (Å²) in [6.07, 6.45) is 5.17. The zero-order chi connectivity index (χ0) is 13.2. The predicted molar refractivity (Wildman–Crippen MR) is 76.1 cm³/mol. The molecule has 1 unspecified atom stereocenters. The highest BCUT2D eigenvalue weighted by Crippen LogP contribution is 2.34. The summed E-state index contributed by atoms with van der Waals surface area (Å²) in [5.41, 5.74) is 0.755. The molecule has 3 heteroatoms. The number of carbonyl (C=O) groups excluding carboxylic acids is 1. The van der Waals surface area contributed by atoms with Crippen molar-refractivity contribution in [1.82, 2.24) is 10.2 Å². The van der Waals surface area contributed by atoms with Crippen molar-refractivity contribution in [3.8, 4) is 0 Å². The van der Waals surface area contributed by atoms with Gasteiger partial charge in [0.2, 0.25) is 0 Å². The maximum absolute atomic E-state index is 12.2. The first kappa shape index (κ1) is 12.7. The minimum absolute atomic E-state index is 0.0516. The maximum atomic E-state index is 12.2. The lowest BCUT2D eigenvalue weighted by molar-refractivity contribution is 0.0910. The van der Waals surface area contributed by atoms with Gasteiger partial charge in [-0.15, -0.1) is 0 Å². The minimum atomic E-state index is 0.0516. The Morgan fingerprint density at radius 1 is 1.26 bits per heavy atom. The molecular formula is C16H22N2O. The second-order valence-corrected chi connectivity index (χ2v) is 5.81. The molecule has 3 rings (SSSR count). The van der Waals surface area contributed by atoms with Gasteiger partial charge in [-0.05, 0) is 51.3 Å². The zero-order valence-electron chi connectivity index (χ0n) is 11.5. The largest absolute Gasteiger partial charge is 0.348 e. The van der Waals surface area contributed by atoms with Crippen LogP contribution in [-0.4, -0.2) is 35.5 Å². The molecule has 1 heterocycles. The van der Waals surface area contributed by atoms with E-state index in [2.05, 4.69) is 17.1 Å². The molecule has 0 spiro atoms. The predicted octanol–water partition coefficient (Wildman–Crippen LogP) is 2.43. The van der Waals surface area contributed by atoms with Gasteiger partial charge in [0.05, 0.1) is 0 Å². The molecule has 2 fully saturated rings. The van der Waals surface area contributed by atoms with Crippen molar-refractivity contribution in [2.24, 2.45) is 0 Å². The van der Waals surface area contributed by atoms with E-state index in [0.717, 1.165) is 11.6 Å². The van der Waals surface area contributed by atoms with Crippen molar-refractivity contribution in [1.29, 1.82) is 0 Å². The Labute approximate surface area is 115 Å². The summed E-state index contributed by atoms with van der Waals surface area (Å²) in [5.74, 6) is 0.0516. The van der Waals surface area contributed by atoms with Crippen molar-refractivity contribution >= 4 is 5.91 Å². The molecule has 3 nitrogen and oxygen atoms in total. The number of hydrogen-bond donors (Lipinski definition) is 1. The number of rotatable bonds is 4. The first-order valence-electron chi connectivity index (χ1n) is 7.37. The first-order valence-corrected chi connectivity index (χ1v) is 7.37. The van der Waals surface area contributed by atoms with Crippen molar-refractivity contribution in [2.45, 2.75) is 50.7 Å². The summed E-state index contributed by atoms with van der Waals surface area (Å²) in [6.45, 7) is 3.35. The van der Waals surface area contributed by atoms with Gasteiger partial charge in [-0.2, -0.15) is 0 Å². The molecule has 1 amide bonds. The topological polar surface area (TPSA) is 32.3 Å². The highest BCUT2D eigenvalue weighted by molar-refractivity contribution is 5.94. The minimum Gasteiger partial charge on any atom is -0.348 e. The molecule has 1 N–H and O–H groups in total. The normalized spacial score (nSPS) is 25.2. The number of nitrogens with one attached hydrogen (secondary N) is 1. The van der Waals surface area contributed by atoms with Gasteiger partial charge in [-0.1, -0.05) is 18.2 Å². The number of likely N-dealkylation sites (tertiary alicyclic amines) is 1. The Balaban J connectivity index is 1.61. The highest BCUT2D eigenvalue weighted by Gasteiger charge is 2.39. The summed E-state index contributed by atoms with van der Waals surface area (Å²) < 4.78 is 0. The SMILES string of the molecule is C[C@@H](NC(=O)c1ccccc1)C1CCCN1C1CC1. The smallest absolute Gasteiger partial charge is 0.251 e. The Hall–Kier alpha value is -1.35. The Morgan fingerprint density at radius 2 is 2.00 bits per heavy atom. The molecule has 1 aliphatic carbocycles. The molecule has 19 heavy (non-hydrogen) atoms. The van der Waals surface area contributed by atoms with Crippen molar-refractivity contribution in [3.63, 3.8) is 0 Å². The number of nitrogens with zero attached hydrogens (tertiary/aromatic N) is 1. The quantitative estimate of drug-likeness (QED) is 0.899. The van der Waals surface area contributed by atoms with E-state index in [4.69, 9.17) is 0 Å². The lowest BCUT2D eigenvalue weighted by Gasteiger charge is -2.30. The van der Waals surface area contributed by atoms with Gasteiger partial charge in [-0.25, -0.2) is 0 Å². The zero-order valence-corrected chi connectivity index (χ0v) is 11.5. The van der Waals surface area contributed by atoms with Gasteiger partial charge in [0.25, 0.3) is 5.91 Å². The van der Waals surface area contributed by atoms with E-state index in [0.29, 0.717) is 6.04 Å². The van der Waals surface area contributed by atoms with Gasteiger partial charge in [0.1, 0.15) is 0 Å². The third-order valence-corrected chi connectivity index (χ3v) is 4.33. The van der Waals surface area contributed by atoms with Gasteiger partial charge >= 0.3 is 0 Å². The van der Waals surface area contributed by atoms with Gasteiger partial charge in [-0.3, -0.25) is 9.69 Å². The average Bonchev–Trinajstić information content (AvgIpc) is 3.16. The standard InChI is InChI=1S/C16H22N2O/c1-12(15-8-5-11-18(15)14-9-10-14)17-16(19)13-6-3-2-4-7-13/h2-4,6-7,12,14-15H,5,8-11H2,1H3,(H,17,19)/t12-,15?/m1/s1. The Kier molecular flexibility index (Phi) is 3.56. The van der Waals surface area contributed by atoms with Crippen LogP contribution in [0.2, 0.25) is 0 Å². The molecule has 1 aromatic rings. The Morgan fingerprint density at radius 3 is 2.68 bits per heavy atom. The van der Waals surface area contributed by atoms with Crippen LogP contribution in [0.15, 0.2) is 30.3 Å². The summed E-state index contributed by atoms with van der Waals surface area (Å²) in [6, 6.07) is 11.0. The molecule has 1 aromatic carbocycles. The summed E-state index contributed by atoms with van der Waals surface area (Å²) in [4.78, 5) is 14.8. The average molecular weight is 258 g/mol. The van der Waals surface area contributed by atoms with Crippen LogP contribution in [-0.2, 0) is 0 Å². The Bertz CT molecular complexity index is 441. The van der Waals surface area contributed by atoms with Crippen LogP contribution in [0.3, 0.4) is 0 Å². The monoisotopic (exact) mass is 258 g/mol. The molecular weight excluding hydrogens is 236 g/mol. The van der Waals surface area contributed by atoms with E-state index >= 15 is 0 Å². The summed E-state index contributed by atoms with van der Waals surface area (Å²) >= 11 is 0. The van der Waals surface area contributed by atoms with Crippen LogP contribution in [0, 0.1) is 0 Å². The van der Waals surface area contributed by atoms with Crippen LogP contribution in [0.1, 0.15) is 43.0 Å². The molecule has 1 saturated heterocycles. The maximum Gasteiger partial charge on any atom is 0.251 e. The van der Waals surface area contributed by atoms with Gasteiger partial charge in [0.15, 0.2) is 0 Å². The molecule has 2 atom stereocenters. The van der Waals surface area contributed by atoms with E-state index in [-0.39, 0.29) is 11.9 Å². The highest BCUT2D eigenvalue weighted by atomic mass is 16.1. The van der Waals surface area contributed by atoms with Crippen LogP contribution in [0.25, 0.3) is 0 Å². The molecule has 2 aliphatic rings. The number of benzene rings is 1. The molecule has 0 radical (unpaired) electrons. The van der Waals surface area contributed by atoms with E-state index in [1.807, 2.05) is 30.3 Å². The van der Waals surface area contributed by atoms with Crippen LogP contribution in [0.4, 0.5) is 0 Å². The molecule has 102 valence electrons. The lowest BCUT2D eigenvalue weighted by atomic mass is 10.1. The molecule has 0 bridgehead atoms. The number of hydrogen-bond acceptors (Lipinski definition) is 2. The fourth-order valence-corrected chi connectivity index (χ4v) is 3.19. The second kappa shape index (κ2) is 5.33. The van der Waals surface area contributed by atoms with E-state index < -0.39 is 0 Å². The van der Waals surface area contributed by atoms with Crippen molar-refractivity contribution in [3.05, 3.63) is 35.9 Å². The second-order valence-electron chi connectivity index (χ2n) is 5.81. The van der Waals surface area contributed by atoms with Crippen molar-refractivity contribution < 1.29 is 4.79 Å². The third kappa shape index (κ3) is 2.81.